The molecule has 6 heteroatoms. The quantitative estimate of drug-likeness (QED) is 0.826. The first-order valence-electron chi connectivity index (χ1n) is 6.53. The molecular formula is C14H18N4O2. The maximum Gasteiger partial charge on any atom is 0.244 e. The Morgan fingerprint density at radius 1 is 1.40 bits per heavy atom. The highest BCUT2D eigenvalue weighted by molar-refractivity contribution is 5.79. The Morgan fingerprint density at radius 3 is 2.80 bits per heavy atom. The predicted octanol–water partition coefficient (Wildman–Crippen LogP) is 1.08. The van der Waals surface area contributed by atoms with Crippen LogP contribution in [0.25, 0.3) is 0 Å². The van der Waals surface area contributed by atoms with Crippen molar-refractivity contribution in [3.8, 4) is 0 Å². The molecular weight excluding hydrogens is 256 g/mol. The molecule has 1 aromatic carbocycles. The summed E-state index contributed by atoms with van der Waals surface area (Å²) >= 11 is 0. The van der Waals surface area contributed by atoms with Gasteiger partial charge in [0.05, 0.1) is 6.10 Å². The van der Waals surface area contributed by atoms with Crippen LogP contribution in [0, 0.1) is 0 Å². The van der Waals surface area contributed by atoms with E-state index in [4.69, 9.17) is 0 Å². The van der Waals surface area contributed by atoms with Crippen LogP contribution in [0.5, 0.6) is 0 Å². The van der Waals surface area contributed by atoms with Gasteiger partial charge in [-0.05, 0) is 18.9 Å². The molecule has 1 amide bonds. The molecule has 1 aromatic heterocycles. The molecule has 0 aliphatic carbocycles. The van der Waals surface area contributed by atoms with Crippen molar-refractivity contribution in [3.63, 3.8) is 0 Å². The van der Waals surface area contributed by atoms with Gasteiger partial charge in [-0.25, -0.2) is 9.67 Å². The molecule has 0 fully saturated rings. The summed E-state index contributed by atoms with van der Waals surface area (Å²) in [6.07, 6.45) is 2.80. The molecule has 0 saturated carbocycles. The van der Waals surface area contributed by atoms with Crippen molar-refractivity contribution >= 4 is 5.91 Å². The summed E-state index contributed by atoms with van der Waals surface area (Å²) in [7, 11) is 0. The number of amides is 1. The number of rotatable bonds is 6. The zero-order chi connectivity index (χ0) is 14.4. The van der Waals surface area contributed by atoms with Crippen LogP contribution >= 0.6 is 0 Å². The Hall–Kier alpha value is -2.21. The molecule has 6 nitrogen and oxygen atoms in total. The smallest absolute Gasteiger partial charge is 0.244 e. The third-order valence-corrected chi connectivity index (χ3v) is 3.11. The fourth-order valence-electron chi connectivity index (χ4n) is 1.86. The van der Waals surface area contributed by atoms with E-state index in [9.17, 15) is 9.90 Å². The van der Waals surface area contributed by atoms with E-state index in [-0.39, 0.29) is 5.91 Å². The van der Waals surface area contributed by atoms with E-state index in [0.717, 1.165) is 5.56 Å². The Labute approximate surface area is 117 Å². The molecule has 1 heterocycles. The maximum absolute atomic E-state index is 11.9. The minimum atomic E-state index is -0.571. The molecule has 0 bridgehead atoms. The molecule has 0 radical (unpaired) electrons. The van der Waals surface area contributed by atoms with E-state index >= 15 is 0 Å². The van der Waals surface area contributed by atoms with Crippen LogP contribution < -0.4 is 5.32 Å². The average molecular weight is 274 g/mol. The fourth-order valence-corrected chi connectivity index (χ4v) is 1.86. The van der Waals surface area contributed by atoms with Gasteiger partial charge in [-0.2, -0.15) is 5.10 Å². The van der Waals surface area contributed by atoms with E-state index in [1.54, 1.807) is 6.92 Å². The summed E-state index contributed by atoms with van der Waals surface area (Å²) in [5, 5.41) is 16.7. The van der Waals surface area contributed by atoms with E-state index in [0.29, 0.717) is 13.0 Å². The van der Waals surface area contributed by atoms with E-state index in [2.05, 4.69) is 15.4 Å². The number of hydrogen-bond donors (Lipinski definition) is 2. The maximum atomic E-state index is 11.9. The molecule has 2 aromatic rings. The number of hydrogen-bond acceptors (Lipinski definition) is 4. The number of aliphatic hydroxyl groups excluding tert-OH is 1. The van der Waals surface area contributed by atoms with Crippen LogP contribution in [-0.2, 0) is 4.79 Å². The van der Waals surface area contributed by atoms with Crippen molar-refractivity contribution in [2.75, 3.05) is 6.54 Å². The summed E-state index contributed by atoms with van der Waals surface area (Å²) in [4.78, 5) is 15.7. The molecule has 0 spiro atoms. The van der Waals surface area contributed by atoms with Crippen molar-refractivity contribution in [1.29, 1.82) is 0 Å². The number of benzene rings is 1. The topological polar surface area (TPSA) is 80.0 Å². The van der Waals surface area contributed by atoms with Crippen LogP contribution in [-0.4, -0.2) is 32.3 Å². The normalized spacial score (nSPS) is 13.7. The highest BCUT2D eigenvalue weighted by Crippen LogP contribution is 2.15. The molecule has 2 N–H and O–H groups in total. The number of carbonyl (C=O) groups excluding carboxylic acids is 1. The average Bonchev–Trinajstić information content (AvgIpc) is 3.01. The largest absolute Gasteiger partial charge is 0.388 e. The molecule has 2 unspecified atom stereocenters. The van der Waals surface area contributed by atoms with Gasteiger partial charge in [0.25, 0.3) is 0 Å². The summed E-state index contributed by atoms with van der Waals surface area (Å²) in [5.41, 5.74) is 0.853. The first-order chi connectivity index (χ1) is 9.68. The van der Waals surface area contributed by atoms with Crippen LogP contribution in [0.3, 0.4) is 0 Å². The van der Waals surface area contributed by atoms with Gasteiger partial charge in [-0.15, -0.1) is 0 Å². The lowest BCUT2D eigenvalue weighted by atomic mass is 10.1. The lowest BCUT2D eigenvalue weighted by Gasteiger charge is -2.14. The first kappa shape index (κ1) is 14.2. The molecule has 0 saturated heterocycles. The molecule has 0 aliphatic rings. The number of nitrogens with zero attached hydrogens (tertiary/aromatic N) is 3. The van der Waals surface area contributed by atoms with Crippen molar-refractivity contribution in [2.45, 2.75) is 25.5 Å². The van der Waals surface area contributed by atoms with Gasteiger partial charge in [-0.1, -0.05) is 30.3 Å². The Kier molecular flexibility index (Phi) is 4.84. The second-order valence-corrected chi connectivity index (χ2v) is 4.56. The van der Waals surface area contributed by atoms with Gasteiger partial charge < -0.3 is 10.4 Å². The Balaban J connectivity index is 1.77. The van der Waals surface area contributed by atoms with Gasteiger partial charge in [0.2, 0.25) is 5.91 Å². The highest BCUT2D eigenvalue weighted by Gasteiger charge is 2.15. The summed E-state index contributed by atoms with van der Waals surface area (Å²) in [6, 6.07) is 8.98. The third-order valence-electron chi connectivity index (χ3n) is 3.11. The van der Waals surface area contributed by atoms with Crippen LogP contribution in [0.2, 0.25) is 0 Å². The van der Waals surface area contributed by atoms with Crippen molar-refractivity contribution in [2.24, 2.45) is 0 Å². The fraction of sp³-hybridized carbons (Fsp3) is 0.357. The SMILES string of the molecule is CC(C(=O)NCCC(O)c1ccccc1)n1cncn1. The van der Waals surface area contributed by atoms with Crippen molar-refractivity contribution in [3.05, 3.63) is 48.5 Å². The van der Waals surface area contributed by atoms with Crippen molar-refractivity contribution < 1.29 is 9.90 Å². The number of aromatic nitrogens is 3. The minimum absolute atomic E-state index is 0.143. The summed E-state index contributed by atoms with van der Waals surface area (Å²) in [5.74, 6) is -0.143. The molecule has 2 rings (SSSR count). The Bertz CT molecular complexity index is 527. The van der Waals surface area contributed by atoms with Crippen molar-refractivity contribution in [1.82, 2.24) is 20.1 Å². The van der Waals surface area contributed by atoms with Gasteiger partial charge in [0.15, 0.2) is 0 Å². The van der Waals surface area contributed by atoms with Gasteiger partial charge in [0, 0.05) is 6.54 Å². The Morgan fingerprint density at radius 2 is 2.15 bits per heavy atom. The second kappa shape index (κ2) is 6.81. The minimum Gasteiger partial charge on any atom is -0.388 e. The van der Waals surface area contributed by atoms with Crippen LogP contribution in [0.4, 0.5) is 0 Å². The lowest BCUT2D eigenvalue weighted by Crippen LogP contribution is -2.32. The first-order valence-corrected chi connectivity index (χ1v) is 6.53. The zero-order valence-corrected chi connectivity index (χ0v) is 11.3. The highest BCUT2D eigenvalue weighted by atomic mass is 16.3. The van der Waals surface area contributed by atoms with E-state index in [1.165, 1.54) is 17.3 Å². The number of carbonyl (C=O) groups is 1. The molecule has 2 atom stereocenters. The predicted molar refractivity (Wildman–Crippen MR) is 73.8 cm³/mol. The summed E-state index contributed by atoms with van der Waals surface area (Å²) < 4.78 is 1.49. The third kappa shape index (κ3) is 3.64. The van der Waals surface area contributed by atoms with Gasteiger partial charge in [-0.3, -0.25) is 4.79 Å². The van der Waals surface area contributed by atoms with Crippen LogP contribution in [0.1, 0.15) is 31.1 Å². The number of nitrogens with one attached hydrogen (secondary N) is 1. The summed E-state index contributed by atoms with van der Waals surface area (Å²) in [6.45, 7) is 2.16. The lowest BCUT2D eigenvalue weighted by molar-refractivity contribution is -0.124. The second-order valence-electron chi connectivity index (χ2n) is 4.56. The monoisotopic (exact) mass is 274 g/mol. The van der Waals surface area contributed by atoms with E-state index in [1.807, 2.05) is 30.3 Å². The molecule has 0 aliphatic heterocycles. The van der Waals surface area contributed by atoms with Gasteiger partial charge in [0.1, 0.15) is 18.7 Å². The molecule has 20 heavy (non-hydrogen) atoms. The standard InChI is InChI=1S/C14H18N4O2/c1-11(18-10-15-9-17-18)14(20)16-8-7-13(19)12-5-3-2-4-6-12/h2-6,9-11,13,19H,7-8H2,1H3,(H,16,20). The molecule has 106 valence electrons. The van der Waals surface area contributed by atoms with E-state index < -0.39 is 12.1 Å². The van der Waals surface area contributed by atoms with Crippen LogP contribution in [0.15, 0.2) is 43.0 Å². The van der Waals surface area contributed by atoms with Gasteiger partial charge >= 0.3 is 0 Å². The number of aliphatic hydroxyl groups is 1. The zero-order valence-electron chi connectivity index (χ0n) is 11.3.